The lowest BCUT2D eigenvalue weighted by Gasteiger charge is -2.18. The average molecular weight is 306 g/mol. The molecule has 0 fully saturated rings. The molecule has 0 saturated carbocycles. The number of carbonyl (C=O) groups excluding carboxylic acids is 1. The lowest BCUT2D eigenvalue weighted by Crippen LogP contribution is -2.44. The maximum Gasteiger partial charge on any atom is 0.239 e. The molecule has 1 atom stereocenters. The number of nitrogens with one attached hydrogen (secondary N) is 3. The maximum absolute atomic E-state index is 11.5. The number of carbonyl (C=O) groups is 1. The third kappa shape index (κ3) is 6.58. The molecule has 1 unspecified atom stereocenters. The lowest BCUT2D eigenvalue weighted by molar-refractivity contribution is -0.120. The summed E-state index contributed by atoms with van der Waals surface area (Å²) in [7, 11) is 1.65. The van der Waals surface area contributed by atoms with E-state index in [1.807, 2.05) is 37.3 Å². The fraction of sp³-hybridized carbons (Fsp3) is 0.500. The Kier molecular flexibility index (Phi) is 8.67. The first-order valence-corrected chi connectivity index (χ1v) is 7.58. The van der Waals surface area contributed by atoms with Crippen LogP contribution in [0.5, 0.6) is 0 Å². The molecule has 0 aromatic heterocycles. The van der Waals surface area contributed by atoms with E-state index in [0.717, 1.165) is 12.0 Å². The largest absolute Gasteiger partial charge is 0.396 e. The summed E-state index contributed by atoms with van der Waals surface area (Å²) < 4.78 is 0. The number of nitrogens with zero attached hydrogens (tertiary/aromatic N) is 1. The molecule has 1 amide bonds. The minimum atomic E-state index is -0.0634. The van der Waals surface area contributed by atoms with Crippen LogP contribution in [-0.4, -0.2) is 50.3 Å². The van der Waals surface area contributed by atoms with Crippen molar-refractivity contribution in [2.75, 3.05) is 33.3 Å². The summed E-state index contributed by atoms with van der Waals surface area (Å²) >= 11 is 0. The molecule has 1 aromatic rings. The molecule has 6 heteroatoms. The monoisotopic (exact) mass is 306 g/mol. The predicted octanol–water partition coefficient (Wildman–Crippen LogP) is 0.454. The molecular formula is C16H26N4O2. The Labute approximate surface area is 132 Å². The van der Waals surface area contributed by atoms with Gasteiger partial charge in [-0.15, -0.1) is 0 Å². The number of hydrogen-bond acceptors (Lipinski definition) is 3. The quantitative estimate of drug-likeness (QED) is 0.415. The molecule has 122 valence electrons. The van der Waals surface area contributed by atoms with Crippen LogP contribution in [0.1, 0.15) is 24.8 Å². The van der Waals surface area contributed by atoms with Gasteiger partial charge in [0, 0.05) is 26.1 Å². The summed E-state index contributed by atoms with van der Waals surface area (Å²) in [5.41, 5.74) is 1.06. The number of guanidine groups is 1. The van der Waals surface area contributed by atoms with Crippen LogP contribution in [0, 0.1) is 0 Å². The van der Waals surface area contributed by atoms with Crippen molar-refractivity contribution in [2.24, 2.45) is 4.99 Å². The normalized spacial score (nSPS) is 12.6. The Bertz CT molecular complexity index is 462. The molecule has 0 aliphatic heterocycles. The Morgan fingerprint density at radius 3 is 2.55 bits per heavy atom. The van der Waals surface area contributed by atoms with Gasteiger partial charge < -0.3 is 21.1 Å². The number of hydrogen-bond donors (Lipinski definition) is 4. The number of benzene rings is 1. The van der Waals surface area contributed by atoms with Crippen LogP contribution in [0.3, 0.4) is 0 Å². The fourth-order valence-corrected chi connectivity index (χ4v) is 1.94. The number of aliphatic hydroxyl groups excluding tert-OH is 1. The van der Waals surface area contributed by atoms with Crippen molar-refractivity contribution in [3.05, 3.63) is 35.9 Å². The van der Waals surface area contributed by atoms with Gasteiger partial charge in [-0.1, -0.05) is 37.3 Å². The van der Waals surface area contributed by atoms with Gasteiger partial charge in [0.2, 0.25) is 5.91 Å². The summed E-state index contributed by atoms with van der Waals surface area (Å²) in [6.45, 7) is 3.44. The lowest BCUT2D eigenvalue weighted by atomic mass is 10.0. The van der Waals surface area contributed by atoms with E-state index in [-0.39, 0.29) is 25.0 Å². The van der Waals surface area contributed by atoms with Crippen molar-refractivity contribution in [3.8, 4) is 0 Å². The van der Waals surface area contributed by atoms with Gasteiger partial charge in [-0.25, -0.2) is 0 Å². The van der Waals surface area contributed by atoms with E-state index in [0.29, 0.717) is 19.0 Å². The summed E-state index contributed by atoms with van der Waals surface area (Å²) in [5.74, 6) is 0.460. The van der Waals surface area contributed by atoms with Crippen LogP contribution in [0.4, 0.5) is 0 Å². The molecule has 0 radical (unpaired) electrons. The van der Waals surface area contributed by atoms with Crippen LogP contribution >= 0.6 is 0 Å². The molecule has 1 aromatic carbocycles. The molecule has 22 heavy (non-hydrogen) atoms. The predicted molar refractivity (Wildman–Crippen MR) is 88.9 cm³/mol. The van der Waals surface area contributed by atoms with Crippen molar-refractivity contribution >= 4 is 11.9 Å². The Balaban J connectivity index is 2.41. The molecule has 0 saturated heterocycles. The summed E-state index contributed by atoms with van der Waals surface area (Å²) in [5, 5.41) is 18.4. The highest BCUT2D eigenvalue weighted by Crippen LogP contribution is 2.13. The fourth-order valence-electron chi connectivity index (χ4n) is 1.94. The molecule has 0 heterocycles. The van der Waals surface area contributed by atoms with Crippen LogP contribution in [0.25, 0.3) is 0 Å². The highest BCUT2D eigenvalue weighted by molar-refractivity contribution is 5.86. The zero-order valence-electron chi connectivity index (χ0n) is 13.3. The van der Waals surface area contributed by atoms with E-state index in [1.165, 1.54) is 0 Å². The summed E-state index contributed by atoms with van der Waals surface area (Å²) in [4.78, 5) is 15.6. The minimum Gasteiger partial charge on any atom is -0.396 e. The van der Waals surface area contributed by atoms with Gasteiger partial charge in [0.05, 0.1) is 13.2 Å². The second kappa shape index (κ2) is 10.6. The smallest absolute Gasteiger partial charge is 0.239 e. The molecule has 4 N–H and O–H groups in total. The van der Waals surface area contributed by atoms with Gasteiger partial charge >= 0.3 is 0 Å². The first-order chi connectivity index (χ1) is 10.7. The van der Waals surface area contributed by atoms with Crippen molar-refractivity contribution in [3.63, 3.8) is 0 Å². The number of aliphatic imine (C=N–C) groups is 1. The van der Waals surface area contributed by atoms with E-state index < -0.39 is 0 Å². The van der Waals surface area contributed by atoms with Crippen LogP contribution in [-0.2, 0) is 4.79 Å². The number of aliphatic hydroxyl groups is 1. The second-order valence-corrected chi connectivity index (χ2v) is 4.95. The Hall–Kier alpha value is -2.08. The van der Waals surface area contributed by atoms with Gasteiger partial charge in [-0.05, 0) is 12.0 Å². The zero-order valence-corrected chi connectivity index (χ0v) is 13.3. The summed E-state index contributed by atoms with van der Waals surface area (Å²) in [6, 6.07) is 9.81. The maximum atomic E-state index is 11.5. The van der Waals surface area contributed by atoms with Gasteiger partial charge in [0.1, 0.15) is 0 Å². The van der Waals surface area contributed by atoms with E-state index in [2.05, 4.69) is 20.9 Å². The van der Waals surface area contributed by atoms with Gasteiger partial charge in [-0.2, -0.15) is 0 Å². The average Bonchev–Trinajstić information content (AvgIpc) is 2.57. The van der Waals surface area contributed by atoms with Gasteiger partial charge in [0.25, 0.3) is 0 Å². The zero-order chi connectivity index (χ0) is 16.2. The van der Waals surface area contributed by atoms with Crippen molar-refractivity contribution < 1.29 is 9.90 Å². The molecular weight excluding hydrogens is 280 g/mol. The van der Waals surface area contributed by atoms with E-state index in [4.69, 9.17) is 0 Å². The highest BCUT2D eigenvalue weighted by Gasteiger charge is 2.11. The van der Waals surface area contributed by atoms with E-state index in [1.54, 1.807) is 7.05 Å². The second-order valence-electron chi connectivity index (χ2n) is 4.95. The standard InChI is InChI=1S/C16H26N4O2/c1-3-9-18-15(22)11-20-16(17-2)19-10-14(12-21)13-7-5-4-6-8-13/h4-8,14,21H,3,9-12H2,1-2H3,(H,18,22)(H2,17,19,20). The van der Waals surface area contributed by atoms with Crippen LogP contribution < -0.4 is 16.0 Å². The number of amides is 1. The minimum absolute atomic E-state index is 0.0198. The van der Waals surface area contributed by atoms with Gasteiger partial charge in [-0.3, -0.25) is 9.79 Å². The molecule has 0 aliphatic rings. The van der Waals surface area contributed by atoms with Crippen molar-refractivity contribution in [1.29, 1.82) is 0 Å². The van der Waals surface area contributed by atoms with Gasteiger partial charge in [0.15, 0.2) is 5.96 Å². The highest BCUT2D eigenvalue weighted by atomic mass is 16.3. The molecule has 0 spiro atoms. The Morgan fingerprint density at radius 2 is 1.95 bits per heavy atom. The summed E-state index contributed by atoms with van der Waals surface area (Å²) in [6.07, 6.45) is 0.911. The molecule has 1 rings (SSSR count). The van der Waals surface area contributed by atoms with Crippen LogP contribution in [0.2, 0.25) is 0 Å². The topological polar surface area (TPSA) is 85.8 Å². The Morgan fingerprint density at radius 1 is 1.23 bits per heavy atom. The molecule has 6 nitrogen and oxygen atoms in total. The van der Waals surface area contributed by atoms with E-state index >= 15 is 0 Å². The third-order valence-corrected chi connectivity index (χ3v) is 3.22. The van der Waals surface area contributed by atoms with E-state index in [9.17, 15) is 9.90 Å². The first kappa shape index (κ1) is 18.0. The number of rotatable bonds is 8. The third-order valence-electron chi connectivity index (χ3n) is 3.22. The first-order valence-electron chi connectivity index (χ1n) is 7.58. The SMILES string of the molecule is CCCNC(=O)CNC(=NC)NCC(CO)c1ccccc1. The van der Waals surface area contributed by atoms with Crippen LogP contribution in [0.15, 0.2) is 35.3 Å². The molecule has 0 bridgehead atoms. The van der Waals surface area contributed by atoms with Crippen molar-refractivity contribution in [2.45, 2.75) is 19.3 Å². The molecule has 0 aliphatic carbocycles. The van der Waals surface area contributed by atoms with Crippen molar-refractivity contribution in [1.82, 2.24) is 16.0 Å².